The molecule has 0 spiro atoms. The third-order valence-corrected chi connectivity index (χ3v) is 5.03. The number of carboxylic acids is 1. The summed E-state index contributed by atoms with van der Waals surface area (Å²) in [6.07, 6.45) is 0.473. The van der Waals surface area contributed by atoms with Crippen molar-refractivity contribution < 1.29 is 27.8 Å². The molecular weight excluding hydrogens is 369 g/mol. The molecule has 2 N–H and O–H groups in total. The van der Waals surface area contributed by atoms with E-state index in [2.05, 4.69) is 15.9 Å². The number of halogens is 2. The van der Waals surface area contributed by atoms with Crippen LogP contribution in [0.4, 0.5) is 4.39 Å². The van der Waals surface area contributed by atoms with Gasteiger partial charge in [-0.15, -0.1) is 0 Å². The van der Waals surface area contributed by atoms with Gasteiger partial charge in [0.05, 0.1) is 12.2 Å². The first-order valence-electron chi connectivity index (χ1n) is 6.09. The molecule has 21 heavy (non-hydrogen) atoms. The van der Waals surface area contributed by atoms with Gasteiger partial charge in [0.25, 0.3) is 0 Å². The summed E-state index contributed by atoms with van der Waals surface area (Å²) in [5.74, 6) is -2.88. The smallest absolute Gasteiger partial charge is 0.338 e. The highest BCUT2D eigenvalue weighted by Crippen LogP contribution is 2.26. The number of aromatic carboxylic acids is 1. The second-order valence-electron chi connectivity index (χ2n) is 4.20. The molecule has 1 rings (SSSR count). The van der Waals surface area contributed by atoms with Crippen molar-refractivity contribution in [1.29, 1.82) is 0 Å². The topological polar surface area (TPSA) is 94.9 Å². The molecule has 9 heteroatoms. The van der Waals surface area contributed by atoms with E-state index in [9.17, 15) is 17.6 Å². The van der Waals surface area contributed by atoms with Gasteiger partial charge in [-0.1, -0.05) is 22.9 Å². The van der Waals surface area contributed by atoms with Crippen LogP contribution in [-0.4, -0.2) is 48.6 Å². The third-order valence-electron chi connectivity index (χ3n) is 2.67. The largest absolute Gasteiger partial charge is 0.478 e. The summed E-state index contributed by atoms with van der Waals surface area (Å²) in [5, 5.41) is 17.9. The Labute approximate surface area is 130 Å². The van der Waals surface area contributed by atoms with Crippen molar-refractivity contribution in [1.82, 2.24) is 4.31 Å². The van der Waals surface area contributed by atoms with E-state index in [0.717, 1.165) is 16.4 Å². The number of nitrogens with zero attached hydrogens (tertiary/aromatic N) is 1. The molecule has 6 nitrogen and oxygen atoms in total. The molecule has 0 fully saturated rings. The maximum Gasteiger partial charge on any atom is 0.338 e. The van der Waals surface area contributed by atoms with Crippen LogP contribution >= 0.6 is 15.9 Å². The minimum atomic E-state index is -4.23. The van der Waals surface area contributed by atoms with Gasteiger partial charge in [-0.25, -0.2) is 17.6 Å². The summed E-state index contributed by atoms with van der Waals surface area (Å²) >= 11 is 2.97. The lowest BCUT2D eigenvalue weighted by atomic mass is 10.2. The molecule has 0 heterocycles. The number of aliphatic hydroxyl groups excluding tert-OH is 1. The lowest BCUT2D eigenvalue weighted by Gasteiger charge is -2.21. The number of carbonyl (C=O) groups is 1. The number of aliphatic hydroxyl groups is 1. The molecule has 0 saturated carbocycles. The summed E-state index contributed by atoms with van der Waals surface area (Å²) in [6.45, 7) is 1.22. The third kappa shape index (κ3) is 4.00. The van der Waals surface area contributed by atoms with Crippen LogP contribution in [0.15, 0.2) is 21.5 Å². The molecule has 0 radical (unpaired) electrons. The summed E-state index contributed by atoms with van der Waals surface area (Å²) in [4.78, 5) is 10.2. The second-order valence-corrected chi connectivity index (χ2v) is 7.02. The minimum Gasteiger partial charge on any atom is -0.478 e. The summed E-state index contributed by atoms with van der Waals surface area (Å²) in [5.41, 5.74) is -0.733. The van der Waals surface area contributed by atoms with Gasteiger partial charge >= 0.3 is 5.97 Å². The second kappa shape index (κ2) is 7.30. The van der Waals surface area contributed by atoms with E-state index >= 15 is 0 Å². The first-order valence-corrected chi connectivity index (χ1v) is 8.32. The molecule has 118 valence electrons. The molecule has 0 saturated heterocycles. The van der Waals surface area contributed by atoms with Gasteiger partial charge in [-0.3, -0.25) is 0 Å². The molecule has 0 aliphatic rings. The van der Waals surface area contributed by atoms with E-state index in [0.29, 0.717) is 6.42 Å². The van der Waals surface area contributed by atoms with E-state index in [-0.39, 0.29) is 17.6 Å². The van der Waals surface area contributed by atoms with Gasteiger partial charge in [0.15, 0.2) is 5.82 Å². The zero-order chi connectivity index (χ0) is 16.2. The Balaban J connectivity index is 3.46. The zero-order valence-electron chi connectivity index (χ0n) is 11.2. The maximum atomic E-state index is 14.2. The number of hydrogen-bond donors (Lipinski definition) is 2. The molecule has 0 unspecified atom stereocenters. The molecule has 0 aromatic heterocycles. The fourth-order valence-corrected chi connectivity index (χ4v) is 4.00. The van der Waals surface area contributed by atoms with Crippen molar-refractivity contribution in [2.75, 3.05) is 19.7 Å². The van der Waals surface area contributed by atoms with E-state index in [1.807, 2.05) is 0 Å². The average molecular weight is 384 g/mol. The van der Waals surface area contributed by atoms with Crippen LogP contribution in [0.1, 0.15) is 23.7 Å². The molecule has 0 amide bonds. The first kappa shape index (κ1) is 18.0. The van der Waals surface area contributed by atoms with Crippen molar-refractivity contribution >= 4 is 31.9 Å². The van der Waals surface area contributed by atoms with Crippen LogP contribution in [-0.2, 0) is 10.0 Å². The van der Waals surface area contributed by atoms with Crippen LogP contribution in [0.25, 0.3) is 0 Å². The Morgan fingerprint density at radius 3 is 2.48 bits per heavy atom. The molecule has 1 aromatic rings. The Morgan fingerprint density at radius 2 is 2.00 bits per heavy atom. The fraction of sp³-hybridized carbons (Fsp3) is 0.417. The highest BCUT2D eigenvalue weighted by atomic mass is 79.9. The Kier molecular flexibility index (Phi) is 6.26. The number of rotatable bonds is 7. The van der Waals surface area contributed by atoms with E-state index in [4.69, 9.17) is 10.2 Å². The molecule has 0 aliphatic heterocycles. The van der Waals surface area contributed by atoms with Crippen LogP contribution in [0.5, 0.6) is 0 Å². The van der Waals surface area contributed by atoms with Gasteiger partial charge < -0.3 is 10.2 Å². The monoisotopic (exact) mass is 383 g/mol. The Hall–Kier alpha value is -1.03. The highest BCUT2D eigenvalue weighted by molar-refractivity contribution is 9.10. The zero-order valence-corrected chi connectivity index (χ0v) is 13.6. The minimum absolute atomic E-state index is 0.0945. The molecule has 0 bridgehead atoms. The number of benzene rings is 1. The van der Waals surface area contributed by atoms with Crippen LogP contribution in [0.3, 0.4) is 0 Å². The highest BCUT2D eigenvalue weighted by Gasteiger charge is 2.29. The first-order chi connectivity index (χ1) is 9.75. The number of sulfonamides is 1. The predicted octanol–water partition coefficient (Wildman–Crippen LogP) is 1.68. The fourth-order valence-electron chi connectivity index (χ4n) is 1.76. The van der Waals surface area contributed by atoms with Gasteiger partial charge in [0.2, 0.25) is 10.0 Å². The van der Waals surface area contributed by atoms with Crippen molar-refractivity contribution in [3.8, 4) is 0 Å². The van der Waals surface area contributed by atoms with E-state index in [1.54, 1.807) is 6.92 Å². The van der Waals surface area contributed by atoms with Crippen molar-refractivity contribution in [2.45, 2.75) is 18.2 Å². The summed E-state index contributed by atoms with van der Waals surface area (Å²) in [6, 6.07) is 2.00. The molecule has 0 aliphatic carbocycles. The quantitative estimate of drug-likeness (QED) is 0.746. The molecular formula is C12H15BrFNO5S. The predicted molar refractivity (Wildman–Crippen MR) is 77.2 cm³/mol. The van der Waals surface area contributed by atoms with Crippen LogP contribution in [0, 0.1) is 5.82 Å². The lowest BCUT2D eigenvalue weighted by molar-refractivity contribution is 0.0691. The lowest BCUT2D eigenvalue weighted by Crippen LogP contribution is -2.35. The van der Waals surface area contributed by atoms with Crippen molar-refractivity contribution in [3.63, 3.8) is 0 Å². The normalized spacial score (nSPS) is 11.9. The standard InChI is InChI=1S/C12H15BrFNO5S/c1-2-3-15(4-5-16)21(19,20)10-7-8(13)6-9(11(10)14)12(17)18/h6-7,16H,2-5H2,1H3,(H,17,18). The van der Waals surface area contributed by atoms with Gasteiger partial charge in [0, 0.05) is 17.6 Å². The number of hydrogen-bond acceptors (Lipinski definition) is 4. The van der Waals surface area contributed by atoms with Gasteiger partial charge in [0.1, 0.15) is 4.90 Å². The Bertz CT molecular complexity index is 629. The molecule has 0 atom stereocenters. The molecule has 1 aromatic carbocycles. The maximum absolute atomic E-state index is 14.2. The number of carboxylic acid groups (broad SMARTS) is 1. The van der Waals surface area contributed by atoms with Crippen molar-refractivity contribution in [2.24, 2.45) is 0 Å². The summed E-state index contributed by atoms with van der Waals surface area (Å²) in [7, 11) is -4.23. The van der Waals surface area contributed by atoms with Gasteiger partial charge in [-0.2, -0.15) is 4.31 Å². The van der Waals surface area contributed by atoms with E-state index in [1.165, 1.54) is 0 Å². The van der Waals surface area contributed by atoms with E-state index < -0.39 is 38.9 Å². The summed E-state index contributed by atoms with van der Waals surface area (Å²) < 4.78 is 40.1. The van der Waals surface area contributed by atoms with Crippen LogP contribution in [0.2, 0.25) is 0 Å². The average Bonchev–Trinajstić information content (AvgIpc) is 2.40. The van der Waals surface area contributed by atoms with Crippen LogP contribution < -0.4 is 0 Å². The van der Waals surface area contributed by atoms with Crippen molar-refractivity contribution in [3.05, 3.63) is 28.0 Å². The van der Waals surface area contributed by atoms with Gasteiger partial charge in [-0.05, 0) is 18.6 Å². The SMILES string of the molecule is CCCN(CCO)S(=O)(=O)c1cc(Br)cc(C(=O)O)c1F. The Morgan fingerprint density at radius 1 is 1.38 bits per heavy atom.